The normalized spacial score (nSPS) is 23.4. The number of amides is 1. The van der Waals surface area contributed by atoms with Gasteiger partial charge in [0, 0.05) is 44.7 Å². The molecule has 0 spiro atoms. The van der Waals surface area contributed by atoms with Crippen molar-refractivity contribution in [3.05, 3.63) is 23.8 Å². The predicted molar refractivity (Wildman–Crippen MR) is 145 cm³/mol. The summed E-state index contributed by atoms with van der Waals surface area (Å²) >= 11 is 0. The number of rotatable bonds is 13. The third-order valence-electron chi connectivity index (χ3n) is 8.85. The summed E-state index contributed by atoms with van der Waals surface area (Å²) in [5.74, 6) is 0.585. The van der Waals surface area contributed by atoms with Crippen LogP contribution in [0.5, 0.6) is 11.5 Å². The number of methoxy groups -OCH3 is 1. The van der Waals surface area contributed by atoms with E-state index in [2.05, 4.69) is 5.32 Å². The van der Waals surface area contributed by atoms with Gasteiger partial charge in [-0.1, -0.05) is 44.2 Å². The molecule has 1 saturated carbocycles. The van der Waals surface area contributed by atoms with Gasteiger partial charge in [-0.25, -0.2) is 0 Å². The molecule has 3 aliphatic rings. The number of carbonyl (C=O) groups excluding carboxylic acids is 1. The number of alkyl halides is 2. The van der Waals surface area contributed by atoms with Crippen molar-refractivity contribution in [1.82, 2.24) is 10.2 Å². The first-order chi connectivity index (χ1) is 18.8. The van der Waals surface area contributed by atoms with Crippen LogP contribution in [0.4, 0.5) is 8.78 Å². The zero-order valence-electron chi connectivity index (χ0n) is 23.6. The number of aliphatic hydroxyl groups is 1. The van der Waals surface area contributed by atoms with E-state index in [4.69, 9.17) is 14.2 Å². The summed E-state index contributed by atoms with van der Waals surface area (Å²) in [6.07, 6.45) is 7.31. The number of unbranched alkanes of at least 4 members (excludes halogenated alkanes) is 1. The molecule has 1 aromatic rings. The lowest BCUT2D eigenvalue weighted by Crippen LogP contribution is -2.48. The lowest BCUT2D eigenvalue weighted by atomic mass is 9.73. The fourth-order valence-corrected chi connectivity index (χ4v) is 6.90. The van der Waals surface area contributed by atoms with Crippen molar-refractivity contribution in [2.45, 2.75) is 88.9 Å². The van der Waals surface area contributed by atoms with E-state index in [1.165, 1.54) is 38.2 Å². The van der Waals surface area contributed by atoms with Crippen LogP contribution in [-0.4, -0.2) is 62.6 Å². The van der Waals surface area contributed by atoms with Gasteiger partial charge in [0.15, 0.2) is 11.5 Å². The molecule has 2 heterocycles. The van der Waals surface area contributed by atoms with Gasteiger partial charge in [-0.2, -0.15) is 0 Å². The maximum Gasteiger partial charge on any atom is 0.586 e. The van der Waals surface area contributed by atoms with E-state index in [9.17, 15) is 18.7 Å². The number of nitrogens with zero attached hydrogens (tertiary/aromatic N) is 1. The highest BCUT2D eigenvalue weighted by atomic mass is 19.3. The van der Waals surface area contributed by atoms with Crippen molar-refractivity contribution >= 4 is 5.91 Å². The summed E-state index contributed by atoms with van der Waals surface area (Å²) in [6, 6.07) is 4.68. The Kier molecular flexibility index (Phi) is 10.5. The monoisotopic (exact) mass is 552 g/mol. The fourth-order valence-electron chi connectivity index (χ4n) is 6.90. The van der Waals surface area contributed by atoms with Crippen LogP contribution in [0, 0.1) is 17.8 Å². The number of nitrogens with one attached hydrogen (secondary N) is 1. The number of ether oxygens (including phenoxy) is 3. The Hall–Kier alpha value is -1.97. The lowest BCUT2D eigenvalue weighted by molar-refractivity contribution is -0.287. The number of likely N-dealkylation sites (tertiary alicyclic amines) is 1. The molecule has 2 fully saturated rings. The van der Waals surface area contributed by atoms with E-state index >= 15 is 0 Å². The third-order valence-corrected chi connectivity index (χ3v) is 8.85. The second kappa shape index (κ2) is 13.6. The molecule has 1 aromatic carbocycles. The molecule has 2 aliphatic heterocycles. The van der Waals surface area contributed by atoms with Gasteiger partial charge < -0.3 is 29.5 Å². The number of hydrogen-bond acceptors (Lipinski definition) is 6. The van der Waals surface area contributed by atoms with Gasteiger partial charge in [-0.05, 0) is 70.0 Å². The molecule has 2 N–H and O–H groups in total. The molecule has 0 unspecified atom stereocenters. The largest absolute Gasteiger partial charge is 0.586 e. The molecule has 1 aliphatic carbocycles. The van der Waals surface area contributed by atoms with E-state index in [1.54, 1.807) is 19.2 Å². The van der Waals surface area contributed by atoms with Crippen LogP contribution in [-0.2, 0) is 15.1 Å². The molecule has 4 rings (SSSR count). The molecule has 1 saturated heterocycles. The maximum atomic E-state index is 14.0. The molecule has 3 atom stereocenters. The van der Waals surface area contributed by atoms with Gasteiger partial charge in [-0.15, -0.1) is 8.78 Å². The maximum absolute atomic E-state index is 14.0. The zero-order chi connectivity index (χ0) is 27.9. The van der Waals surface area contributed by atoms with Crippen molar-refractivity contribution < 1.29 is 32.9 Å². The summed E-state index contributed by atoms with van der Waals surface area (Å²) in [4.78, 5) is 15.4. The van der Waals surface area contributed by atoms with Crippen molar-refractivity contribution in [3.63, 3.8) is 0 Å². The number of piperidine rings is 1. The summed E-state index contributed by atoms with van der Waals surface area (Å²) in [5, 5.41) is 15.5. The minimum absolute atomic E-state index is 0.0748. The van der Waals surface area contributed by atoms with E-state index in [1.807, 2.05) is 11.9 Å². The molecule has 0 radical (unpaired) electrons. The van der Waals surface area contributed by atoms with E-state index in [0.717, 1.165) is 25.8 Å². The van der Waals surface area contributed by atoms with Crippen LogP contribution in [0.25, 0.3) is 0 Å². The molecule has 7 nitrogen and oxygen atoms in total. The summed E-state index contributed by atoms with van der Waals surface area (Å²) in [6.45, 7) is 2.39. The van der Waals surface area contributed by atoms with E-state index in [0.29, 0.717) is 56.9 Å². The minimum atomic E-state index is -3.77. The highest BCUT2D eigenvalue weighted by Crippen LogP contribution is 2.51. The van der Waals surface area contributed by atoms with Crippen molar-refractivity contribution in [2.75, 3.05) is 40.4 Å². The Morgan fingerprint density at radius 3 is 2.74 bits per heavy atom. The SMILES string of the molecule is CNC[C@@H](CC(=O)N1CCC[C@@H]([C@@](O)(CCCCOC)c2cccc3c2OC(F)(F)O3)C1)CC1CCCCC1. The van der Waals surface area contributed by atoms with E-state index in [-0.39, 0.29) is 29.2 Å². The molecule has 9 heteroatoms. The van der Waals surface area contributed by atoms with Crippen LogP contribution >= 0.6 is 0 Å². The lowest BCUT2D eigenvalue weighted by Gasteiger charge is -2.43. The van der Waals surface area contributed by atoms with Gasteiger partial charge in [0.1, 0.15) is 0 Å². The zero-order valence-corrected chi connectivity index (χ0v) is 23.6. The third kappa shape index (κ3) is 7.61. The fraction of sp³-hybridized carbons (Fsp3) is 0.767. The summed E-state index contributed by atoms with van der Waals surface area (Å²) in [7, 11) is 3.57. The molecular weight excluding hydrogens is 506 g/mol. The Balaban J connectivity index is 1.50. The number of carbonyl (C=O) groups is 1. The first-order valence-corrected chi connectivity index (χ1v) is 14.8. The molecule has 39 heavy (non-hydrogen) atoms. The first-order valence-electron chi connectivity index (χ1n) is 14.8. The van der Waals surface area contributed by atoms with Crippen molar-refractivity contribution in [2.24, 2.45) is 17.8 Å². The quantitative estimate of drug-likeness (QED) is 0.317. The second-order valence-electron chi connectivity index (χ2n) is 11.7. The van der Waals surface area contributed by atoms with Crippen LogP contribution in [0.15, 0.2) is 18.2 Å². The van der Waals surface area contributed by atoms with E-state index < -0.39 is 11.9 Å². The van der Waals surface area contributed by atoms with Crippen LogP contribution in [0.3, 0.4) is 0 Å². The summed E-state index contributed by atoms with van der Waals surface area (Å²) in [5.41, 5.74) is -1.15. The Labute approximate surface area is 231 Å². The standard InChI is InChI=1S/C30H46F2N2O5/c1-33-20-23(18-22-10-4-3-5-11-22)19-27(35)34-16-9-12-24(21-34)29(36,15-6-7-17-37-2)25-13-8-14-26-28(25)39-30(31,32)38-26/h8,13-14,22-24,33,36H,3-7,9-12,15-21H2,1-2H3/t23-,24-,29+/m1/s1. The van der Waals surface area contributed by atoms with Gasteiger partial charge in [0.2, 0.25) is 5.91 Å². The average molecular weight is 553 g/mol. The molecule has 0 aromatic heterocycles. The van der Waals surface area contributed by atoms with Crippen LogP contribution < -0.4 is 14.8 Å². The smallest absolute Gasteiger partial charge is 0.395 e. The van der Waals surface area contributed by atoms with Crippen LogP contribution in [0.2, 0.25) is 0 Å². The molecule has 0 bridgehead atoms. The number of hydrogen-bond donors (Lipinski definition) is 2. The van der Waals surface area contributed by atoms with Gasteiger partial charge >= 0.3 is 6.29 Å². The second-order valence-corrected chi connectivity index (χ2v) is 11.7. The number of benzene rings is 1. The highest BCUT2D eigenvalue weighted by Gasteiger charge is 2.49. The van der Waals surface area contributed by atoms with Gasteiger partial charge in [-0.3, -0.25) is 4.79 Å². The Morgan fingerprint density at radius 1 is 1.21 bits per heavy atom. The predicted octanol–water partition coefficient (Wildman–Crippen LogP) is 5.45. The van der Waals surface area contributed by atoms with Gasteiger partial charge in [0.25, 0.3) is 0 Å². The molecule has 220 valence electrons. The Morgan fingerprint density at radius 2 is 2.00 bits per heavy atom. The van der Waals surface area contributed by atoms with Crippen LogP contribution in [0.1, 0.15) is 82.6 Å². The number of halogens is 2. The number of fused-ring (bicyclic) bond motifs is 1. The summed E-state index contributed by atoms with van der Waals surface area (Å²) < 4.78 is 42.8. The Bertz CT molecular complexity index is 942. The number of para-hydroxylation sites is 1. The topological polar surface area (TPSA) is 80.3 Å². The highest BCUT2D eigenvalue weighted by molar-refractivity contribution is 5.76. The molecule has 1 amide bonds. The minimum Gasteiger partial charge on any atom is -0.395 e. The van der Waals surface area contributed by atoms with Crippen molar-refractivity contribution in [1.29, 1.82) is 0 Å². The molecular formula is C30H46F2N2O5. The first kappa shape index (κ1) is 30.0. The van der Waals surface area contributed by atoms with Crippen molar-refractivity contribution in [3.8, 4) is 11.5 Å². The van der Waals surface area contributed by atoms with Gasteiger partial charge in [0.05, 0.1) is 5.60 Å². The average Bonchev–Trinajstić information content (AvgIpc) is 3.25.